The van der Waals surface area contributed by atoms with Gasteiger partial charge in [0.1, 0.15) is 5.78 Å². The minimum atomic E-state index is -0.113. The van der Waals surface area contributed by atoms with E-state index in [1.807, 2.05) is 13.0 Å². The van der Waals surface area contributed by atoms with E-state index in [9.17, 15) is 4.79 Å². The lowest BCUT2D eigenvalue weighted by molar-refractivity contribution is -0.119. The molecule has 0 saturated carbocycles. The van der Waals surface area contributed by atoms with Crippen LogP contribution in [0.15, 0.2) is 0 Å². The van der Waals surface area contributed by atoms with Gasteiger partial charge in [-0.25, -0.2) is 0 Å². The van der Waals surface area contributed by atoms with E-state index in [0.29, 0.717) is 12.8 Å². The Morgan fingerprint density at radius 2 is 2.33 bits per heavy atom. The number of nitriles is 1. The van der Waals surface area contributed by atoms with Crippen LogP contribution in [-0.2, 0) is 4.79 Å². The fraction of sp³-hybridized carbons (Fsp3) is 0.714. The molecule has 0 radical (unpaired) electrons. The summed E-state index contributed by atoms with van der Waals surface area (Å²) in [6, 6.07) is 2.01. The molecule has 0 heterocycles. The zero-order chi connectivity index (χ0) is 7.28. The van der Waals surface area contributed by atoms with Crippen LogP contribution in [0, 0.1) is 17.2 Å². The van der Waals surface area contributed by atoms with Crippen LogP contribution < -0.4 is 0 Å². The van der Waals surface area contributed by atoms with Crippen LogP contribution in [0.5, 0.6) is 0 Å². The maximum atomic E-state index is 10.6. The Morgan fingerprint density at radius 1 is 1.78 bits per heavy atom. The van der Waals surface area contributed by atoms with Crippen LogP contribution in [-0.4, -0.2) is 5.78 Å². The minimum Gasteiger partial charge on any atom is -0.300 e. The van der Waals surface area contributed by atoms with Gasteiger partial charge in [-0.1, -0.05) is 6.92 Å². The molecule has 0 aliphatic heterocycles. The lowest BCUT2D eigenvalue weighted by Crippen LogP contribution is -2.01. The first-order valence-corrected chi connectivity index (χ1v) is 3.12. The van der Waals surface area contributed by atoms with Crippen LogP contribution in [0.2, 0.25) is 0 Å². The van der Waals surface area contributed by atoms with Crippen molar-refractivity contribution < 1.29 is 4.79 Å². The number of nitrogens with zero attached hydrogens (tertiary/aromatic N) is 1. The monoisotopic (exact) mass is 125 g/mol. The summed E-state index contributed by atoms with van der Waals surface area (Å²) < 4.78 is 0. The molecule has 0 rings (SSSR count). The molecule has 0 fully saturated rings. The van der Waals surface area contributed by atoms with Crippen molar-refractivity contribution >= 4 is 5.78 Å². The molecule has 0 aromatic carbocycles. The molecule has 0 spiro atoms. The standard InChI is InChI=1S/C7H11NO/c1-3-7(9)4-6(2)5-8/h6H,3-4H2,1-2H3. The van der Waals surface area contributed by atoms with Crippen molar-refractivity contribution in [3.8, 4) is 6.07 Å². The second-order valence-electron chi connectivity index (χ2n) is 2.13. The molecule has 1 unspecified atom stereocenters. The first kappa shape index (κ1) is 8.16. The Kier molecular flexibility index (Phi) is 3.70. The van der Waals surface area contributed by atoms with E-state index >= 15 is 0 Å². The highest BCUT2D eigenvalue weighted by Crippen LogP contribution is 2.01. The normalized spacial score (nSPS) is 12.1. The lowest BCUT2D eigenvalue weighted by Gasteiger charge is -1.96. The second-order valence-corrected chi connectivity index (χ2v) is 2.13. The molecule has 0 amide bonds. The van der Waals surface area contributed by atoms with Crippen molar-refractivity contribution in [1.29, 1.82) is 5.26 Å². The van der Waals surface area contributed by atoms with Gasteiger partial charge in [0.05, 0.1) is 12.0 Å². The molecule has 0 N–H and O–H groups in total. The average molecular weight is 125 g/mol. The molecule has 2 heteroatoms. The van der Waals surface area contributed by atoms with Crippen molar-refractivity contribution in [3.63, 3.8) is 0 Å². The molecule has 1 atom stereocenters. The Labute approximate surface area is 55.5 Å². The second kappa shape index (κ2) is 4.08. The summed E-state index contributed by atoms with van der Waals surface area (Å²) in [5, 5.41) is 8.28. The molecule has 50 valence electrons. The summed E-state index contributed by atoms with van der Waals surface area (Å²) in [6.07, 6.45) is 0.957. The van der Waals surface area contributed by atoms with Crippen LogP contribution in [0.1, 0.15) is 26.7 Å². The van der Waals surface area contributed by atoms with Crippen LogP contribution in [0.4, 0.5) is 0 Å². The molecule has 0 aromatic rings. The molecule has 2 nitrogen and oxygen atoms in total. The van der Waals surface area contributed by atoms with Gasteiger partial charge in [-0.15, -0.1) is 0 Å². The smallest absolute Gasteiger partial charge is 0.133 e. The summed E-state index contributed by atoms with van der Waals surface area (Å²) in [7, 11) is 0. The zero-order valence-corrected chi connectivity index (χ0v) is 5.85. The summed E-state index contributed by atoms with van der Waals surface area (Å²) in [4.78, 5) is 10.6. The lowest BCUT2D eigenvalue weighted by atomic mass is 10.1. The molecular formula is C7H11NO. The third kappa shape index (κ3) is 3.72. The number of rotatable bonds is 3. The summed E-state index contributed by atoms with van der Waals surface area (Å²) in [5.74, 6) is 0.0569. The van der Waals surface area contributed by atoms with Gasteiger partial charge in [0.15, 0.2) is 0 Å². The van der Waals surface area contributed by atoms with Gasteiger partial charge in [-0.05, 0) is 6.92 Å². The highest BCUT2D eigenvalue weighted by molar-refractivity contribution is 5.78. The van der Waals surface area contributed by atoms with E-state index in [2.05, 4.69) is 0 Å². The molecule has 0 saturated heterocycles. The number of hydrogen-bond donors (Lipinski definition) is 0. The molecule has 0 bridgehead atoms. The van der Waals surface area contributed by atoms with E-state index < -0.39 is 0 Å². The van der Waals surface area contributed by atoms with Gasteiger partial charge in [0.25, 0.3) is 0 Å². The van der Waals surface area contributed by atoms with Gasteiger partial charge in [0.2, 0.25) is 0 Å². The highest BCUT2D eigenvalue weighted by Gasteiger charge is 2.04. The average Bonchev–Trinajstić information content (AvgIpc) is 1.87. The van der Waals surface area contributed by atoms with Crippen LogP contribution >= 0.6 is 0 Å². The van der Waals surface area contributed by atoms with Crippen molar-refractivity contribution in [2.45, 2.75) is 26.7 Å². The van der Waals surface area contributed by atoms with Gasteiger partial charge in [0, 0.05) is 12.8 Å². The highest BCUT2D eigenvalue weighted by atomic mass is 16.1. The first-order valence-electron chi connectivity index (χ1n) is 3.12. The number of carbonyl (C=O) groups is 1. The number of ketones is 1. The van der Waals surface area contributed by atoms with Gasteiger partial charge >= 0.3 is 0 Å². The van der Waals surface area contributed by atoms with Crippen molar-refractivity contribution in [1.82, 2.24) is 0 Å². The van der Waals surface area contributed by atoms with Crippen LogP contribution in [0.3, 0.4) is 0 Å². The maximum absolute atomic E-state index is 10.6. The predicted octanol–water partition coefficient (Wildman–Crippen LogP) is 1.52. The van der Waals surface area contributed by atoms with E-state index in [1.54, 1.807) is 6.92 Å². The fourth-order valence-corrected chi connectivity index (χ4v) is 0.531. The molecule has 9 heavy (non-hydrogen) atoms. The maximum Gasteiger partial charge on any atom is 0.133 e. The van der Waals surface area contributed by atoms with Crippen molar-refractivity contribution in [2.24, 2.45) is 5.92 Å². The number of Topliss-reactive ketones (excluding diaryl/α,β-unsaturated/α-hetero) is 1. The summed E-state index contributed by atoms with van der Waals surface area (Å²) in [5.41, 5.74) is 0. The Hall–Kier alpha value is -0.840. The zero-order valence-electron chi connectivity index (χ0n) is 5.85. The SMILES string of the molecule is CCC(=O)CC(C)C#N. The largest absolute Gasteiger partial charge is 0.300 e. The number of carbonyl (C=O) groups excluding carboxylic acids is 1. The van der Waals surface area contributed by atoms with E-state index in [0.717, 1.165) is 0 Å². The van der Waals surface area contributed by atoms with Crippen molar-refractivity contribution in [2.75, 3.05) is 0 Å². The Balaban J connectivity index is 3.50. The predicted molar refractivity (Wildman–Crippen MR) is 34.7 cm³/mol. The number of hydrogen-bond acceptors (Lipinski definition) is 2. The van der Waals surface area contributed by atoms with Gasteiger partial charge in [-0.3, -0.25) is 4.79 Å². The fourth-order valence-electron chi connectivity index (χ4n) is 0.531. The molecule has 0 aromatic heterocycles. The molecule has 0 aliphatic carbocycles. The quantitative estimate of drug-likeness (QED) is 0.573. The van der Waals surface area contributed by atoms with E-state index in [1.165, 1.54) is 0 Å². The van der Waals surface area contributed by atoms with Crippen LogP contribution in [0.25, 0.3) is 0 Å². The Morgan fingerprint density at radius 3 is 2.67 bits per heavy atom. The summed E-state index contributed by atoms with van der Waals surface area (Å²) in [6.45, 7) is 3.57. The van der Waals surface area contributed by atoms with E-state index in [4.69, 9.17) is 5.26 Å². The molecular weight excluding hydrogens is 114 g/mol. The third-order valence-corrected chi connectivity index (χ3v) is 1.15. The summed E-state index contributed by atoms with van der Waals surface area (Å²) >= 11 is 0. The first-order chi connectivity index (χ1) is 4.20. The Bertz CT molecular complexity index is 134. The molecule has 0 aliphatic rings. The van der Waals surface area contributed by atoms with Gasteiger partial charge in [-0.2, -0.15) is 5.26 Å². The van der Waals surface area contributed by atoms with Crippen molar-refractivity contribution in [3.05, 3.63) is 0 Å². The van der Waals surface area contributed by atoms with Gasteiger partial charge < -0.3 is 0 Å². The topological polar surface area (TPSA) is 40.9 Å². The van der Waals surface area contributed by atoms with E-state index in [-0.39, 0.29) is 11.7 Å². The third-order valence-electron chi connectivity index (χ3n) is 1.15. The minimum absolute atomic E-state index is 0.113.